The fourth-order valence-electron chi connectivity index (χ4n) is 2.90. The third-order valence-corrected chi connectivity index (χ3v) is 4.28. The lowest BCUT2D eigenvalue weighted by molar-refractivity contribution is -0.186. The Morgan fingerprint density at radius 3 is 2.54 bits per heavy atom. The molecule has 0 unspecified atom stereocenters. The average Bonchev–Trinajstić information content (AvgIpc) is 3.13. The maximum Gasteiger partial charge on any atom is 0.471 e. The van der Waals surface area contributed by atoms with E-state index >= 15 is 0 Å². The number of halogens is 3. The summed E-state index contributed by atoms with van der Waals surface area (Å²) >= 11 is 0. The topological polar surface area (TPSA) is 68.2 Å². The second-order valence-corrected chi connectivity index (χ2v) is 6.13. The van der Waals surface area contributed by atoms with Gasteiger partial charge in [-0.25, -0.2) is 0 Å². The summed E-state index contributed by atoms with van der Waals surface area (Å²) in [5, 5.41) is 9.31. The van der Waals surface area contributed by atoms with Gasteiger partial charge in [0.2, 0.25) is 12.5 Å². The van der Waals surface area contributed by atoms with E-state index in [1.165, 1.54) is 19.2 Å². The van der Waals surface area contributed by atoms with Crippen LogP contribution in [0, 0.1) is 0 Å². The lowest BCUT2D eigenvalue weighted by Gasteiger charge is -2.25. The number of ether oxygens (including phenoxy) is 3. The molecule has 0 saturated heterocycles. The van der Waals surface area contributed by atoms with Gasteiger partial charge in [0.05, 0.1) is 7.11 Å². The third kappa shape index (κ3) is 4.24. The Balaban J connectivity index is 1.83. The molecule has 0 spiro atoms. The van der Waals surface area contributed by atoms with Crippen molar-refractivity contribution >= 4 is 5.91 Å². The minimum Gasteiger partial charge on any atom is -0.508 e. The van der Waals surface area contributed by atoms with Gasteiger partial charge in [-0.1, -0.05) is 12.1 Å². The van der Waals surface area contributed by atoms with E-state index in [1.54, 1.807) is 24.3 Å². The predicted molar refractivity (Wildman–Crippen MR) is 92.4 cm³/mol. The predicted octanol–water partition coefficient (Wildman–Crippen LogP) is 3.26. The van der Waals surface area contributed by atoms with Crippen LogP contribution in [0.4, 0.5) is 13.2 Å². The molecule has 0 fully saturated rings. The molecule has 1 aliphatic rings. The number of phenolic OH excluding ortho intramolecular Hbond substituents is 1. The van der Waals surface area contributed by atoms with Gasteiger partial charge in [-0.3, -0.25) is 4.79 Å². The van der Waals surface area contributed by atoms with Crippen LogP contribution >= 0.6 is 0 Å². The van der Waals surface area contributed by atoms with Gasteiger partial charge in [-0.05, 0) is 36.2 Å². The molecule has 0 aliphatic carbocycles. The van der Waals surface area contributed by atoms with E-state index in [2.05, 4.69) is 0 Å². The van der Waals surface area contributed by atoms with Crippen molar-refractivity contribution in [3.8, 4) is 23.0 Å². The molecule has 28 heavy (non-hydrogen) atoms. The van der Waals surface area contributed by atoms with Gasteiger partial charge in [0.15, 0.2) is 11.5 Å². The standard InChI is InChI=1S/C19H18F3NO5/c1-26-16-13(4-7-15-17(16)28-11-27-15)10-23(18(25)19(20,21)22)9-8-12-2-5-14(24)6-3-12/h2-7,24H,8-11H2,1H3. The molecule has 0 atom stereocenters. The second kappa shape index (κ2) is 7.87. The normalized spacial score (nSPS) is 12.7. The molecule has 0 radical (unpaired) electrons. The zero-order chi connectivity index (χ0) is 20.3. The first kappa shape index (κ1) is 19.7. The molecule has 1 N–H and O–H groups in total. The molecule has 0 aromatic heterocycles. The minimum atomic E-state index is -5.00. The Kier molecular flexibility index (Phi) is 5.53. The molecular weight excluding hydrogens is 379 g/mol. The van der Waals surface area contributed by atoms with Crippen molar-refractivity contribution < 1.29 is 37.3 Å². The van der Waals surface area contributed by atoms with Gasteiger partial charge in [0.25, 0.3) is 0 Å². The lowest BCUT2D eigenvalue weighted by atomic mass is 10.1. The Hall–Kier alpha value is -3.10. The number of carbonyl (C=O) groups excluding carboxylic acids is 1. The molecule has 2 aromatic carbocycles. The number of methoxy groups -OCH3 is 1. The molecule has 6 nitrogen and oxygen atoms in total. The van der Waals surface area contributed by atoms with Crippen molar-refractivity contribution in [2.24, 2.45) is 0 Å². The number of phenols is 1. The molecule has 9 heteroatoms. The highest BCUT2D eigenvalue weighted by Gasteiger charge is 2.42. The van der Waals surface area contributed by atoms with Crippen LogP contribution in [0.15, 0.2) is 36.4 Å². The molecule has 1 aliphatic heterocycles. The lowest BCUT2D eigenvalue weighted by Crippen LogP contribution is -2.41. The van der Waals surface area contributed by atoms with E-state index < -0.39 is 12.1 Å². The smallest absolute Gasteiger partial charge is 0.471 e. The molecule has 3 rings (SSSR count). The number of carbonyl (C=O) groups is 1. The van der Waals surface area contributed by atoms with Gasteiger partial charge in [-0.15, -0.1) is 0 Å². The van der Waals surface area contributed by atoms with Crippen LogP contribution in [0.5, 0.6) is 23.0 Å². The highest BCUT2D eigenvalue weighted by Crippen LogP contribution is 2.43. The highest BCUT2D eigenvalue weighted by molar-refractivity contribution is 5.82. The molecule has 2 aromatic rings. The Bertz CT molecular complexity index is 852. The van der Waals surface area contributed by atoms with Crippen molar-refractivity contribution in [2.75, 3.05) is 20.4 Å². The monoisotopic (exact) mass is 397 g/mol. The van der Waals surface area contributed by atoms with Crippen LogP contribution in [0.2, 0.25) is 0 Å². The van der Waals surface area contributed by atoms with Crippen LogP contribution in [0.1, 0.15) is 11.1 Å². The van der Waals surface area contributed by atoms with Crippen molar-refractivity contribution in [3.05, 3.63) is 47.5 Å². The number of nitrogens with zero attached hydrogens (tertiary/aromatic N) is 1. The van der Waals surface area contributed by atoms with Crippen LogP contribution in [0.3, 0.4) is 0 Å². The van der Waals surface area contributed by atoms with Gasteiger partial charge in [0.1, 0.15) is 5.75 Å². The minimum absolute atomic E-state index is 0.0127. The van der Waals surface area contributed by atoms with E-state index in [9.17, 15) is 23.1 Å². The number of rotatable bonds is 6. The van der Waals surface area contributed by atoms with E-state index in [0.717, 1.165) is 0 Å². The molecular formula is C19H18F3NO5. The first-order valence-corrected chi connectivity index (χ1v) is 8.39. The van der Waals surface area contributed by atoms with E-state index in [0.29, 0.717) is 27.5 Å². The van der Waals surface area contributed by atoms with Crippen LogP contribution < -0.4 is 14.2 Å². The van der Waals surface area contributed by atoms with E-state index in [-0.39, 0.29) is 37.8 Å². The van der Waals surface area contributed by atoms with E-state index in [1.807, 2.05) is 0 Å². The number of hydrogen-bond acceptors (Lipinski definition) is 5. The Morgan fingerprint density at radius 1 is 1.18 bits per heavy atom. The number of hydrogen-bond donors (Lipinski definition) is 1. The van der Waals surface area contributed by atoms with Gasteiger partial charge < -0.3 is 24.2 Å². The van der Waals surface area contributed by atoms with Crippen molar-refractivity contribution in [2.45, 2.75) is 19.1 Å². The zero-order valence-corrected chi connectivity index (χ0v) is 15.0. The average molecular weight is 397 g/mol. The van der Waals surface area contributed by atoms with Crippen LogP contribution in [-0.4, -0.2) is 42.5 Å². The summed E-state index contributed by atoms with van der Waals surface area (Å²) in [6, 6.07) is 9.16. The Labute approximate surface area is 159 Å². The number of fused-ring (bicyclic) bond motifs is 1. The summed E-state index contributed by atoms with van der Waals surface area (Å²) in [7, 11) is 1.37. The van der Waals surface area contributed by atoms with Crippen molar-refractivity contribution in [1.29, 1.82) is 0 Å². The van der Waals surface area contributed by atoms with Gasteiger partial charge >= 0.3 is 12.1 Å². The number of alkyl halides is 3. The number of benzene rings is 2. The molecule has 1 amide bonds. The number of amides is 1. The molecule has 150 valence electrons. The molecule has 0 bridgehead atoms. The van der Waals surface area contributed by atoms with E-state index in [4.69, 9.17) is 14.2 Å². The maximum absolute atomic E-state index is 13.1. The highest BCUT2D eigenvalue weighted by atomic mass is 19.4. The van der Waals surface area contributed by atoms with Crippen molar-refractivity contribution in [1.82, 2.24) is 4.90 Å². The fraction of sp³-hybridized carbons (Fsp3) is 0.316. The fourth-order valence-corrected chi connectivity index (χ4v) is 2.90. The quantitative estimate of drug-likeness (QED) is 0.811. The van der Waals surface area contributed by atoms with Gasteiger partial charge in [-0.2, -0.15) is 13.2 Å². The van der Waals surface area contributed by atoms with Crippen molar-refractivity contribution in [3.63, 3.8) is 0 Å². The second-order valence-electron chi connectivity index (χ2n) is 6.13. The van der Waals surface area contributed by atoms with Crippen LogP contribution in [0.25, 0.3) is 0 Å². The molecule has 1 heterocycles. The summed E-state index contributed by atoms with van der Waals surface area (Å²) < 4.78 is 55.1. The largest absolute Gasteiger partial charge is 0.508 e. The summed E-state index contributed by atoms with van der Waals surface area (Å²) in [4.78, 5) is 12.7. The summed E-state index contributed by atoms with van der Waals surface area (Å²) in [6.07, 6.45) is -4.81. The summed E-state index contributed by atoms with van der Waals surface area (Å²) in [5.41, 5.74) is 1.06. The zero-order valence-electron chi connectivity index (χ0n) is 15.0. The van der Waals surface area contributed by atoms with Gasteiger partial charge in [0, 0.05) is 18.7 Å². The molecule has 0 saturated carbocycles. The Morgan fingerprint density at radius 2 is 1.89 bits per heavy atom. The maximum atomic E-state index is 13.1. The number of aromatic hydroxyl groups is 1. The third-order valence-electron chi connectivity index (χ3n) is 4.28. The van der Waals surface area contributed by atoms with Crippen LogP contribution in [-0.2, 0) is 17.8 Å². The SMILES string of the molecule is COc1c(CN(CCc2ccc(O)cc2)C(=O)C(F)(F)F)ccc2c1OCO2. The summed E-state index contributed by atoms with van der Waals surface area (Å²) in [5.74, 6) is -0.918. The first-order chi connectivity index (χ1) is 13.3. The first-order valence-electron chi connectivity index (χ1n) is 8.39. The summed E-state index contributed by atoms with van der Waals surface area (Å²) in [6.45, 7) is -0.488.